The van der Waals surface area contributed by atoms with E-state index in [4.69, 9.17) is 10.5 Å². The van der Waals surface area contributed by atoms with E-state index in [1.807, 2.05) is 30.3 Å². The van der Waals surface area contributed by atoms with Gasteiger partial charge >= 0.3 is 0 Å². The fourth-order valence-electron chi connectivity index (χ4n) is 2.40. The largest absolute Gasteiger partial charge is 0.495 e. The lowest BCUT2D eigenvalue weighted by Crippen LogP contribution is -2.30. The van der Waals surface area contributed by atoms with Gasteiger partial charge in [0.15, 0.2) is 0 Å². The summed E-state index contributed by atoms with van der Waals surface area (Å²) in [5.74, 6) is -0.208. The molecule has 0 aliphatic heterocycles. The van der Waals surface area contributed by atoms with E-state index in [1.165, 1.54) is 36.7 Å². The number of methoxy groups -OCH3 is 1. The van der Waals surface area contributed by atoms with Crippen molar-refractivity contribution in [2.45, 2.75) is 11.4 Å². The van der Waals surface area contributed by atoms with Gasteiger partial charge in [-0.3, -0.25) is 4.79 Å². The molecule has 2 aromatic rings. The molecule has 0 aliphatic carbocycles. The van der Waals surface area contributed by atoms with Gasteiger partial charge in [0.1, 0.15) is 10.6 Å². The maximum atomic E-state index is 13.0. The minimum atomic E-state index is -3.85. The van der Waals surface area contributed by atoms with Crippen molar-refractivity contribution in [2.75, 3.05) is 27.2 Å². The summed E-state index contributed by atoms with van der Waals surface area (Å²) in [5, 5.41) is 2.62. The topological polar surface area (TPSA) is 102 Å². The number of nitrogens with two attached hydrogens (primary N) is 1. The summed E-state index contributed by atoms with van der Waals surface area (Å²) in [6.07, 6.45) is 0. The normalized spacial score (nSPS) is 11.0. The zero-order valence-electron chi connectivity index (χ0n) is 15.2. The first kappa shape index (κ1) is 22.9. The van der Waals surface area contributed by atoms with Crippen molar-refractivity contribution in [3.05, 3.63) is 59.7 Å². The number of hydrogen-bond donors (Lipinski definition) is 2. The van der Waals surface area contributed by atoms with Gasteiger partial charge in [0, 0.05) is 32.2 Å². The highest BCUT2D eigenvalue weighted by atomic mass is 35.5. The van der Waals surface area contributed by atoms with E-state index in [0.717, 1.165) is 5.56 Å². The van der Waals surface area contributed by atoms with Gasteiger partial charge in [0.2, 0.25) is 10.0 Å². The first-order valence-corrected chi connectivity index (χ1v) is 9.50. The van der Waals surface area contributed by atoms with Crippen molar-refractivity contribution in [2.24, 2.45) is 5.73 Å². The van der Waals surface area contributed by atoms with E-state index in [2.05, 4.69) is 5.32 Å². The molecule has 0 aliphatic rings. The molecule has 0 saturated carbocycles. The SMILES string of the molecule is COc1ccc(C(=O)NCCN)cc1S(=O)(=O)N(C)Cc1ccccc1.Cl. The smallest absolute Gasteiger partial charge is 0.251 e. The molecule has 0 saturated heterocycles. The summed E-state index contributed by atoms with van der Waals surface area (Å²) in [4.78, 5) is 12.1. The molecule has 2 aromatic carbocycles. The molecule has 0 spiro atoms. The van der Waals surface area contributed by atoms with Crippen LogP contribution in [-0.4, -0.2) is 45.9 Å². The number of rotatable bonds is 8. The van der Waals surface area contributed by atoms with Crippen LogP contribution in [0.1, 0.15) is 15.9 Å². The van der Waals surface area contributed by atoms with E-state index in [9.17, 15) is 13.2 Å². The number of amides is 1. The van der Waals surface area contributed by atoms with Gasteiger partial charge in [0.05, 0.1) is 7.11 Å². The number of ether oxygens (including phenoxy) is 1. The van der Waals surface area contributed by atoms with Gasteiger partial charge in [-0.05, 0) is 23.8 Å². The first-order chi connectivity index (χ1) is 12.4. The van der Waals surface area contributed by atoms with Crippen molar-refractivity contribution in [3.63, 3.8) is 0 Å². The van der Waals surface area contributed by atoms with Crippen LogP contribution in [0.3, 0.4) is 0 Å². The molecule has 9 heteroatoms. The number of nitrogens with zero attached hydrogens (tertiary/aromatic N) is 1. The highest BCUT2D eigenvalue weighted by Crippen LogP contribution is 2.28. The molecule has 3 N–H and O–H groups in total. The minimum absolute atomic E-state index is 0. The third kappa shape index (κ3) is 5.67. The molecule has 2 rings (SSSR count). The highest BCUT2D eigenvalue weighted by Gasteiger charge is 2.26. The van der Waals surface area contributed by atoms with E-state index >= 15 is 0 Å². The van der Waals surface area contributed by atoms with Crippen molar-refractivity contribution in [1.29, 1.82) is 0 Å². The van der Waals surface area contributed by atoms with E-state index in [0.29, 0.717) is 13.1 Å². The Morgan fingerprint density at radius 2 is 1.85 bits per heavy atom. The molecule has 0 unspecified atom stereocenters. The molecule has 0 fully saturated rings. The Bertz CT molecular complexity index is 860. The van der Waals surface area contributed by atoms with Crippen molar-refractivity contribution >= 4 is 28.3 Å². The molecule has 0 bridgehead atoms. The van der Waals surface area contributed by atoms with Gasteiger partial charge in [-0.25, -0.2) is 8.42 Å². The Kier molecular flexibility index (Phi) is 8.71. The molecule has 148 valence electrons. The Balaban J connectivity index is 0.00000364. The molecule has 1 amide bonds. The van der Waals surface area contributed by atoms with Crippen LogP contribution in [0.4, 0.5) is 0 Å². The van der Waals surface area contributed by atoms with Crippen LogP contribution >= 0.6 is 12.4 Å². The number of carbonyl (C=O) groups is 1. The lowest BCUT2D eigenvalue weighted by molar-refractivity contribution is 0.0954. The number of benzene rings is 2. The van der Waals surface area contributed by atoms with Crippen LogP contribution in [0.25, 0.3) is 0 Å². The summed E-state index contributed by atoms with van der Waals surface area (Å²) in [6.45, 7) is 0.809. The quantitative estimate of drug-likeness (QED) is 0.684. The van der Waals surface area contributed by atoms with Crippen LogP contribution in [0, 0.1) is 0 Å². The number of hydrogen-bond acceptors (Lipinski definition) is 5. The van der Waals surface area contributed by atoms with Gasteiger partial charge in [-0.15, -0.1) is 12.4 Å². The highest BCUT2D eigenvalue weighted by molar-refractivity contribution is 7.89. The molecule has 0 atom stereocenters. The predicted octanol–water partition coefficient (Wildman–Crippen LogP) is 1.63. The average Bonchev–Trinajstić information content (AvgIpc) is 2.66. The molecule has 0 heterocycles. The fourth-order valence-corrected chi connectivity index (χ4v) is 3.74. The number of carbonyl (C=O) groups excluding carboxylic acids is 1. The standard InChI is InChI=1S/C18H23N3O4S.ClH/c1-21(13-14-6-4-3-5-7-14)26(23,24)17-12-15(8-9-16(17)25-2)18(22)20-11-10-19;/h3-9,12H,10-11,13,19H2,1-2H3,(H,20,22);1H. The van der Waals surface area contributed by atoms with E-state index < -0.39 is 10.0 Å². The summed E-state index contributed by atoms with van der Waals surface area (Å²) >= 11 is 0. The van der Waals surface area contributed by atoms with Gasteiger partial charge in [-0.1, -0.05) is 30.3 Å². The van der Waals surface area contributed by atoms with Crippen LogP contribution in [-0.2, 0) is 16.6 Å². The van der Waals surface area contributed by atoms with Crippen molar-refractivity contribution in [1.82, 2.24) is 9.62 Å². The minimum Gasteiger partial charge on any atom is -0.495 e. The Hall–Kier alpha value is -2.13. The second kappa shape index (κ2) is 10.3. The van der Waals surface area contributed by atoms with Gasteiger partial charge in [0.25, 0.3) is 5.91 Å². The number of nitrogens with one attached hydrogen (secondary N) is 1. The summed E-state index contributed by atoms with van der Waals surface area (Å²) in [7, 11) is -0.975. The molecule has 0 radical (unpaired) electrons. The Morgan fingerprint density at radius 1 is 1.19 bits per heavy atom. The molecule has 27 heavy (non-hydrogen) atoms. The van der Waals surface area contributed by atoms with Gasteiger partial charge < -0.3 is 15.8 Å². The summed E-state index contributed by atoms with van der Waals surface area (Å²) in [5.41, 5.74) is 6.46. The van der Waals surface area contributed by atoms with Crippen molar-refractivity contribution < 1.29 is 17.9 Å². The zero-order chi connectivity index (χ0) is 19.2. The molecular weight excluding hydrogens is 390 g/mol. The molecular formula is C18H24ClN3O4S. The van der Waals surface area contributed by atoms with Crippen LogP contribution in [0.15, 0.2) is 53.4 Å². The summed E-state index contributed by atoms with van der Waals surface area (Å²) in [6, 6.07) is 13.6. The first-order valence-electron chi connectivity index (χ1n) is 8.06. The second-order valence-electron chi connectivity index (χ2n) is 5.66. The Labute approximate surface area is 166 Å². The molecule has 7 nitrogen and oxygen atoms in total. The van der Waals surface area contributed by atoms with E-state index in [1.54, 1.807) is 0 Å². The van der Waals surface area contributed by atoms with E-state index in [-0.39, 0.29) is 41.1 Å². The average molecular weight is 414 g/mol. The maximum absolute atomic E-state index is 13.0. The fraction of sp³-hybridized carbons (Fsp3) is 0.278. The van der Waals surface area contributed by atoms with Crippen molar-refractivity contribution in [3.8, 4) is 5.75 Å². The third-order valence-corrected chi connectivity index (χ3v) is 5.62. The molecule has 0 aromatic heterocycles. The van der Waals surface area contributed by atoms with Crippen LogP contribution in [0.5, 0.6) is 5.75 Å². The zero-order valence-corrected chi connectivity index (χ0v) is 16.8. The number of sulfonamides is 1. The summed E-state index contributed by atoms with van der Waals surface area (Å²) < 4.78 is 32.4. The lowest BCUT2D eigenvalue weighted by atomic mass is 10.2. The predicted molar refractivity (Wildman–Crippen MR) is 107 cm³/mol. The number of halogens is 1. The van der Waals surface area contributed by atoms with Crippen LogP contribution < -0.4 is 15.8 Å². The second-order valence-corrected chi connectivity index (χ2v) is 7.67. The maximum Gasteiger partial charge on any atom is 0.251 e. The van der Waals surface area contributed by atoms with Gasteiger partial charge in [-0.2, -0.15) is 4.31 Å². The lowest BCUT2D eigenvalue weighted by Gasteiger charge is -2.19. The Morgan fingerprint density at radius 3 is 2.44 bits per heavy atom. The monoisotopic (exact) mass is 413 g/mol. The third-order valence-electron chi connectivity index (χ3n) is 3.79. The van der Waals surface area contributed by atoms with Crippen LogP contribution in [0.2, 0.25) is 0 Å².